The molecule has 1 saturated heterocycles. The third-order valence-corrected chi connectivity index (χ3v) is 4.72. The van der Waals surface area contributed by atoms with E-state index in [1.165, 1.54) is 29.6 Å². The molecule has 98 valence electrons. The van der Waals surface area contributed by atoms with Crippen LogP contribution in [0.5, 0.6) is 5.75 Å². The van der Waals surface area contributed by atoms with E-state index in [1.54, 1.807) is 0 Å². The summed E-state index contributed by atoms with van der Waals surface area (Å²) in [6.07, 6.45) is 0.553. The van der Waals surface area contributed by atoms with E-state index >= 15 is 0 Å². The molecule has 18 heavy (non-hydrogen) atoms. The Morgan fingerprint density at radius 3 is 2.61 bits per heavy atom. The van der Waals surface area contributed by atoms with Gasteiger partial charge in [-0.15, -0.1) is 0 Å². The summed E-state index contributed by atoms with van der Waals surface area (Å²) in [4.78, 5) is 0. The number of hydrogen-bond acceptors (Lipinski definition) is 5. The fraction of sp³-hybridized carbons (Fsp3) is 0.400. The number of nitrogens with zero attached hydrogens (tertiary/aromatic N) is 1. The summed E-state index contributed by atoms with van der Waals surface area (Å²) in [5.41, 5.74) is 0.577. The van der Waals surface area contributed by atoms with Crippen molar-refractivity contribution < 1.29 is 23.2 Å². The molecule has 0 atom stereocenters. The number of benzene rings is 1. The second kappa shape index (κ2) is 4.79. The van der Waals surface area contributed by atoms with Crippen LogP contribution in [0.3, 0.4) is 0 Å². The minimum absolute atomic E-state index is 0.0993. The van der Waals surface area contributed by atoms with Gasteiger partial charge in [-0.3, -0.25) is 4.31 Å². The molecular weight excluding hydrogens is 257 g/mol. The van der Waals surface area contributed by atoms with E-state index in [0.29, 0.717) is 24.4 Å². The van der Waals surface area contributed by atoms with Gasteiger partial charge in [0.1, 0.15) is 5.75 Å². The summed E-state index contributed by atoms with van der Waals surface area (Å²) in [5.74, 6) is 0.493. The molecule has 1 fully saturated rings. The zero-order chi connectivity index (χ0) is 13.3. The first kappa shape index (κ1) is 13.2. The van der Waals surface area contributed by atoms with Crippen LogP contribution in [0.2, 0.25) is 0 Å². The van der Waals surface area contributed by atoms with Crippen LogP contribution in [0, 0.1) is 0 Å². The van der Waals surface area contributed by atoms with E-state index in [9.17, 15) is 8.42 Å². The van der Waals surface area contributed by atoms with Crippen molar-refractivity contribution >= 4 is 28.3 Å². The molecule has 8 heteroatoms. The fourth-order valence-electron chi connectivity index (χ4n) is 1.97. The Hall–Kier alpha value is -1.25. The maximum Gasteiger partial charge on any atom is 0.488 e. The van der Waals surface area contributed by atoms with Crippen molar-refractivity contribution in [2.45, 2.75) is 6.42 Å². The van der Waals surface area contributed by atoms with Crippen LogP contribution in [0.1, 0.15) is 6.42 Å². The summed E-state index contributed by atoms with van der Waals surface area (Å²) in [7, 11) is -3.52. The SMILES string of the molecule is COc1ccc(B(O)O)cc1N1CCCS1(=O)=O. The molecule has 6 nitrogen and oxygen atoms in total. The lowest BCUT2D eigenvalue weighted by Crippen LogP contribution is -2.32. The molecule has 0 unspecified atom stereocenters. The summed E-state index contributed by atoms with van der Waals surface area (Å²) < 4.78 is 30.1. The molecule has 0 radical (unpaired) electrons. The number of rotatable bonds is 3. The highest BCUT2D eigenvalue weighted by molar-refractivity contribution is 7.93. The molecule has 0 aliphatic carbocycles. The van der Waals surface area contributed by atoms with Crippen molar-refractivity contribution in [3.63, 3.8) is 0 Å². The first-order valence-corrected chi connectivity index (χ1v) is 7.11. The largest absolute Gasteiger partial charge is 0.495 e. The number of anilines is 1. The zero-order valence-electron chi connectivity index (χ0n) is 9.91. The summed E-state index contributed by atoms with van der Waals surface area (Å²) in [5, 5.41) is 18.3. The Labute approximate surface area is 106 Å². The highest BCUT2D eigenvalue weighted by Crippen LogP contribution is 2.32. The predicted molar refractivity (Wildman–Crippen MR) is 68.6 cm³/mol. The maximum absolute atomic E-state index is 11.9. The van der Waals surface area contributed by atoms with Gasteiger partial charge in [0.15, 0.2) is 0 Å². The van der Waals surface area contributed by atoms with Crippen LogP contribution in [-0.2, 0) is 10.0 Å². The Morgan fingerprint density at radius 2 is 2.11 bits per heavy atom. The van der Waals surface area contributed by atoms with Crippen LogP contribution < -0.4 is 14.5 Å². The third-order valence-electron chi connectivity index (χ3n) is 2.87. The standard InChI is InChI=1S/C10H14BNO5S/c1-17-10-4-3-8(11(13)14)7-9(10)12-5-2-6-18(12,15)16/h3-4,7,13-14H,2,5-6H2,1H3. The zero-order valence-corrected chi connectivity index (χ0v) is 10.7. The van der Waals surface area contributed by atoms with E-state index < -0.39 is 17.1 Å². The first-order valence-electron chi connectivity index (χ1n) is 5.50. The van der Waals surface area contributed by atoms with Crippen molar-refractivity contribution in [1.82, 2.24) is 0 Å². The van der Waals surface area contributed by atoms with Crippen molar-refractivity contribution in [3.05, 3.63) is 18.2 Å². The van der Waals surface area contributed by atoms with Crippen molar-refractivity contribution in [3.8, 4) is 5.75 Å². The van der Waals surface area contributed by atoms with E-state index in [0.717, 1.165) is 0 Å². The molecule has 0 amide bonds. The molecular formula is C10H14BNO5S. The highest BCUT2D eigenvalue weighted by Gasteiger charge is 2.31. The average molecular weight is 271 g/mol. The number of hydrogen-bond donors (Lipinski definition) is 2. The van der Waals surface area contributed by atoms with Gasteiger partial charge in [0.05, 0.1) is 18.6 Å². The molecule has 1 aliphatic rings. The van der Waals surface area contributed by atoms with E-state index in [1.807, 2.05) is 0 Å². The summed E-state index contributed by atoms with van der Waals surface area (Å²) in [6, 6.07) is 4.43. The molecule has 0 bridgehead atoms. The molecule has 2 rings (SSSR count). The van der Waals surface area contributed by atoms with Gasteiger partial charge in [0.2, 0.25) is 10.0 Å². The number of methoxy groups -OCH3 is 1. The summed E-state index contributed by atoms with van der Waals surface area (Å²) in [6.45, 7) is 0.379. The predicted octanol–water partition coefficient (Wildman–Crippen LogP) is -1.09. The molecule has 1 aromatic rings. The van der Waals surface area contributed by atoms with Crippen molar-refractivity contribution in [1.29, 1.82) is 0 Å². The van der Waals surface area contributed by atoms with Crippen molar-refractivity contribution in [2.75, 3.05) is 23.7 Å². The van der Waals surface area contributed by atoms with Crippen LogP contribution >= 0.6 is 0 Å². The lowest BCUT2D eigenvalue weighted by atomic mass is 9.80. The number of ether oxygens (including phenoxy) is 1. The topological polar surface area (TPSA) is 87.1 Å². The van der Waals surface area contributed by atoms with Gasteiger partial charge >= 0.3 is 7.12 Å². The van der Waals surface area contributed by atoms with Gasteiger partial charge in [-0.1, -0.05) is 6.07 Å². The fourth-order valence-corrected chi connectivity index (χ4v) is 3.54. The molecule has 1 aromatic carbocycles. The third kappa shape index (κ3) is 2.31. The van der Waals surface area contributed by atoms with E-state index in [2.05, 4.69) is 0 Å². The van der Waals surface area contributed by atoms with E-state index in [-0.39, 0.29) is 11.2 Å². The average Bonchev–Trinajstić information content (AvgIpc) is 2.67. The molecule has 0 aromatic heterocycles. The van der Waals surface area contributed by atoms with Gasteiger partial charge in [0.25, 0.3) is 0 Å². The highest BCUT2D eigenvalue weighted by atomic mass is 32.2. The Morgan fingerprint density at radius 1 is 1.39 bits per heavy atom. The van der Waals surface area contributed by atoms with Crippen LogP contribution in [-0.4, -0.2) is 45.0 Å². The van der Waals surface area contributed by atoms with Crippen LogP contribution in [0.15, 0.2) is 18.2 Å². The second-order valence-electron chi connectivity index (χ2n) is 4.05. The van der Waals surface area contributed by atoms with Gasteiger partial charge in [-0.2, -0.15) is 0 Å². The smallest absolute Gasteiger partial charge is 0.488 e. The molecule has 2 N–H and O–H groups in total. The summed E-state index contributed by atoms with van der Waals surface area (Å²) >= 11 is 0. The van der Waals surface area contributed by atoms with Crippen LogP contribution in [0.25, 0.3) is 0 Å². The van der Waals surface area contributed by atoms with E-state index in [4.69, 9.17) is 14.8 Å². The van der Waals surface area contributed by atoms with Crippen LogP contribution in [0.4, 0.5) is 5.69 Å². The minimum atomic E-state index is -3.33. The minimum Gasteiger partial charge on any atom is -0.495 e. The maximum atomic E-state index is 11.9. The lowest BCUT2D eigenvalue weighted by Gasteiger charge is -2.20. The van der Waals surface area contributed by atoms with Gasteiger partial charge in [0, 0.05) is 6.54 Å². The second-order valence-corrected chi connectivity index (χ2v) is 6.06. The Kier molecular flexibility index (Phi) is 3.51. The van der Waals surface area contributed by atoms with Gasteiger partial charge in [-0.25, -0.2) is 8.42 Å². The molecule has 1 heterocycles. The quantitative estimate of drug-likeness (QED) is 0.682. The Bertz CT molecular complexity index is 545. The first-order chi connectivity index (χ1) is 8.45. The lowest BCUT2D eigenvalue weighted by molar-refractivity contribution is 0.415. The molecule has 0 saturated carbocycles. The normalized spacial score (nSPS) is 17.8. The molecule has 1 aliphatic heterocycles. The Balaban J connectivity index is 2.51. The number of sulfonamides is 1. The van der Waals surface area contributed by atoms with Gasteiger partial charge in [-0.05, 0) is 24.0 Å². The van der Waals surface area contributed by atoms with Crippen molar-refractivity contribution in [2.24, 2.45) is 0 Å². The molecule has 0 spiro atoms. The van der Waals surface area contributed by atoms with Gasteiger partial charge < -0.3 is 14.8 Å². The monoisotopic (exact) mass is 271 g/mol.